The molecule has 0 fully saturated rings. The number of methoxy groups -OCH3 is 1. The summed E-state index contributed by atoms with van der Waals surface area (Å²) in [6.45, 7) is 1.82. The standard InChI is InChI=1S/C17H16FN3O2/c1-10-9-12(22)5-8-14(10)19-17-15(18)16(20-21-17)11-3-6-13(23-2)7-4-11/h3-9,22H,1-2H3,(H2,19,20,21). The molecule has 23 heavy (non-hydrogen) atoms. The van der Waals surface area contributed by atoms with Crippen LogP contribution in [0.5, 0.6) is 11.5 Å². The number of phenolic OH excluding ortho intramolecular Hbond substituents is 1. The van der Waals surface area contributed by atoms with E-state index < -0.39 is 5.82 Å². The predicted molar refractivity (Wildman–Crippen MR) is 86.7 cm³/mol. The van der Waals surface area contributed by atoms with E-state index >= 15 is 0 Å². The molecule has 0 amide bonds. The number of hydrogen-bond donors (Lipinski definition) is 3. The molecular formula is C17H16FN3O2. The Bertz CT molecular complexity index is 828. The highest BCUT2D eigenvalue weighted by molar-refractivity contribution is 5.69. The van der Waals surface area contributed by atoms with Crippen LogP contribution >= 0.6 is 0 Å². The number of phenols is 1. The van der Waals surface area contributed by atoms with Gasteiger partial charge >= 0.3 is 0 Å². The Hall–Kier alpha value is -3.02. The van der Waals surface area contributed by atoms with E-state index in [0.29, 0.717) is 22.7 Å². The van der Waals surface area contributed by atoms with Gasteiger partial charge in [0, 0.05) is 11.3 Å². The Kier molecular flexibility index (Phi) is 3.89. The number of rotatable bonds is 4. The quantitative estimate of drug-likeness (QED) is 0.637. The third kappa shape index (κ3) is 2.96. The Morgan fingerprint density at radius 1 is 1.17 bits per heavy atom. The van der Waals surface area contributed by atoms with E-state index in [1.165, 1.54) is 6.07 Å². The van der Waals surface area contributed by atoms with E-state index in [0.717, 1.165) is 5.56 Å². The van der Waals surface area contributed by atoms with Gasteiger partial charge in [0.1, 0.15) is 17.2 Å². The maximum atomic E-state index is 14.6. The maximum Gasteiger partial charge on any atom is 0.193 e. The largest absolute Gasteiger partial charge is 0.508 e. The second-order valence-corrected chi connectivity index (χ2v) is 5.11. The molecule has 118 valence electrons. The third-order valence-electron chi connectivity index (χ3n) is 3.55. The number of ether oxygens (including phenoxy) is 1. The summed E-state index contributed by atoms with van der Waals surface area (Å²) in [5, 5.41) is 19.0. The van der Waals surface area contributed by atoms with E-state index in [9.17, 15) is 9.50 Å². The third-order valence-corrected chi connectivity index (χ3v) is 3.55. The van der Waals surface area contributed by atoms with Gasteiger partial charge in [0.2, 0.25) is 0 Å². The van der Waals surface area contributed by atoms with E-state index in [1.54, 1.807) is 43.5 Å². The first-order chi connectivity index (χ1) is 11.1. The number of aromatic hydroxyl groups is 1. The molecule has 0 radical (unpaired) electrons. The number of benzene rings is 2. The van der Waals surface area contributed by atoms with Crippen molar-refractivity contribution in [2.45, 2.75) is 6.92 Å². The van der Waals surface area contributed by atoms with Gasteiger partial charge in [0.15, 0.2) is 11.6 Å². The second kappa shape index (κ2) is 6.00. The molecule has 0 aliphatic rings. The molecule has 0 atom stereocenters. The fourth-order valence-corrected chi connectivity index (χ4v) is 2.28. The first-order valence-electron chi connectivity index (χ1n) is 7.03. The summed E-state index contributed by atoms with van der Waals surface area (Å²) in [5.41, 5.74) is 2.44. The van der Waals surface area contributed by atoms with Crippen molar-refractivity contribution >= 4 is 11.5 Å². The van der Waals surface area contributed by atoms with Gasteiger partial charge in [0.25, 0.3) is 0 Å². The van der Waals surface area contributed by atoms with E-state index in [-0.39, 0.29) is 11.6 Å². The number of aryl methyl sites for hydroxylation is 1. The summed E-state index contributed by atoms with van der Waals surface area (Å²) >= 11 is 0. The Morgan fingerprint density at radius 3 is 2.57 bits per heavy atom. The summed E-state index contributed by atoms with van der Waals surface area (Å²) in [5.74, 6) is 0.494. The predicted octanol–water partition coefficient (Wildman–Crippen LogP) is 3.98. The van der Waals surface area contributed by atoms with Crippen LogP contribution in [0.4, 0.5) is 15.9 Å². The molecule has 0 aliphatic carbocycles. The van der Waals surface area contributed by atoms with Gasteiger partial charge in [-0.3, -0.25) is 5.10 Å². The highest BCUT2D eigenvalue weighted by Crippen LogP contribution is 2.29. The average Bonchev–Trinajstić information content (AvgIpc) is 2.91. The number of aromatic amines is 1. The molecule has 0 aliphatic heterocycles. The van der Waals surface area contributed by atoms with Crippen LogP contribution in [0.15, 0.2) is 42.5 Å². The number of nitrogens with zero attached hydrogens (tertiary/aromatic N) is 1. The van der Waals surface area contributed by atoms with Crippen LogP contribution in [0.25, 0.3) is 11.3 Å². The second-order valence-electron chi connectivity index (χ2n) is 5.11. The molecule has 0 unspecified atom stereocenters. The average molecular weight is 313 g/mol. The Labute approximate surface area is 132 Å². The number of hydrogen-bond acceptors (Lipinski definition) is 4. The Morgan fingerprint density at radius 2 is 1.91 bits per heavy atom. The van der Waals surface area contributed by atoms with Gasteiger partial charge in [-0.2, -0.15) is 5.10 Å². The minimum atomic E-state index is -0.470. The fourth-order valence-electron chi connectivity index (χ4n) is 2.28. The van der Waals surface area contributed by atoms with E-state index in [4.69, 9.17) is 4.74 Å². The molecule has 0 saturated carbocycles. The summed E-state index contributed by atoms with van der Waals surface area (Å²) in [7, 11) is 1.58. The van der Waals surface area contributed by atoms with Crippen LogP contribution < -0.4 is 10.1 Å². The smallest absolute Gasteiger partial charge is 0.193 e. The molecule has 3 rings (SSSR count). The van der Waals surface area contributed by atoms with Crippen molar-refractivity contribution in [3.63, 3.8) is 0 Å². The van der Waals surface area contributed by atoms with Crippen molar-refractivity contribution in [1.82, 2.24) is 10.2 Å². The molecule has 3 N–H and O–H groups in total. The minimum Gasteiger partial charge on any atom is -0.508 e. The van der Waals surface area contributed by atoms with Crippen molar-refractivity contribution in [3.05, 3.63) is 53.8 Å². The zero-order valence-electron chi connectivity index (χ0n) is 12.7. The zero-order chi connectivity index (χ0) is 16.4. The van der Waals surface area contributed by atoms with Gasteiger partial charge in [0.05, 0.1) is 7.11 Å². The molecule has 3 aromatic rings. The normalized spacial score (nSPS) is 10.6. The highest BCUT2D eigenvalue weighted by Gasteiger charge is 2.15. The molecule has 1 heterocycles. The molecule has 0 saturated heterocycles. The molecule has 2 aromatic carbocycles. The summed E-state index contributed by atoms with van der Waals surface area (Å²) in [6, 6.07) is 11.8. The van der Waals surface area contributed by atoms with Crippen LogP contribution in [-0.2, 0) is 0 Å². The monoisotopic (exact) mass is 313 g/mol. The van der Waals surface area contributed by atoms with E-state index in [2.05, 4.69) is 15.5 Å². The van der Waals surface area contributed by atoms with Crippen molar-refractivity contribution in [3.8, 4) is 22.8 Å². The lowest BCUT2D eigenvalue weighted by Gasteiger charge is -2.07. The van der Waals surface area contributed by atoms with Crippen molar-refractivity contribution in [1.29, 1.82) is 0 Å². The zero-order valence-corrected chi connectivity index (χ0v) is 12.7. The Balaban J connectivity index is 1.89. The number of anilines is 2. The summed E-state index contributed by atoms with van der Waals surface area (Å²) in [6.07, 6.45) is 0. The summed E-state index contributed by atoms with van der Waals surface area (Å²) in [4.78, 5) is 0. The van der Waals surface area contributed by atoms with Crippen LogP contribution in [0.2, 0.25) is 0 Å². The van der Waals surface area contributed by atoms with E-state index in [1.807, 2.05) is 6.92 Å². The molecule has 0 spiro atoms. The van der Waals surface area contributed by atoms with Crippen molar-refractivity contribution < 1.29 is 14.2 Å². The van der Waals surface area contributed by atoms with Gasteiger partial charge < -0.3 is 15.2 Å². The van der Waals surface area contributed by atoms with Gasteiger partial charge in [-0.1, -0.05) is 0 Å². The molecule has 5 nitrogen and oxygen atoms in total. The van der Waals surface area contributed by atoms with Crippen molar-refractivity contribution in [2.24, 2.45) is 0 Å². The van der Waals surface area contributed by atoms with Crippen LogP contribution in [0.1, 0.15) is 5.56 Å². The SMILES string of the molecule is COc1ccc(-c2[nH]nc(Nc3ccc(O)cc3C)c2F)cc1. The number of H-pyrrole nitrogens is 1. The van der Waals surface area contributed by atoms with Crippen LogP contribution in [-0.4, -0.2) is 22.4 Å². The van der Waals surface area contributed by atoms with Gasteiger partial charge in [-0.25, -0.2) is 4.39 Å². The lowest BCUT2D eigenvalue weighted by Crippen LogP contribution is -1.95. The lowest BCUT2D eigenvalue weighted by molar-refractivity contribution is 0.415. The molecular weight excluding hydrogens is 297 g/mol. The number of nitrogens with one attached hydrogen (secondary N) is 2. The minimum absolute atomic E-state index is 0.101. The maximum absolute atomic E-state index is 14.6. The topological polar surface area (TPSA) is 70.2 Å². The molecule has 6 heteroatoms. The first-order valence-corrected chi connectivity index (χ1v) is 7.03. The number of halogens is 1. The fraction of sp³-hybridized carbons (Fsp3) is 0.118. The highest BCUT2D eigenvalue weighted by atomic mass is 19.1. The van der Waals surface area contributed by atoms with Crippen LogP contribution in [0, 0.1) is 12.7 Å². The summed E-state index contributed by atoms with van der Waals surface area (Å²) < 4.78 is 19.7. The lowest BCUT2D eigenvalue weighted by atomic mass is 10.1. The van der Waals surface area contributed by atoms with Gasteiger partial charge in [-0.15, -0.1) is 0 Å². The van der Waals surface area contributed by atoms with Crippen molar-refractivity contribution in [2.75, 3.05) is 12.4 Å². The molecule has 1 aromatic heterocycles. The van der Waals surface area contributed by atoms with Crippen LogP contribution in [0.3, 0.4) is 0 Å². The molecule has 0 bridgehead atoms. The van der Waals surface area contributed by atoms with Gasteiger partial charge in [-0.05, 0) is 55.0 Å². The number of aromatic nitrogens is 2. The first kappa shape index (κ1) is 14.9.